The molecule has 0 fully saturated rings. The summed E-state index contributed by atoms with van der Waals surface area (Å²) in [6.45, 7) is 4.64. The maximum Gasteiger partial charge on any atom is 0.248 e. The van der Waals surface area contributed by atoms with Crippen molar-refractivity contribution >= 4 is 43.6 Å². The first-order chi connectivity index (χ1) is 27.2. The predicted molar refractivity (Wildman–Crippen MR) is 226 cm³/mol. The Morgan fingerprint density at radius 1 is 0.473 bits per heavy atom. The Hall–Kier alpha value is -6.72. The van der Waals surface area contributed by atoms with E-state index < -0.39 is 0 Å². The minimum Gasteiger partial charge on any atom is -0.416 e. The summed E-state index contributed by atoms with van der Waals surface area (Å²) in [5.41, 5.74) is 11.7. The number of fused-ring (bicyclic) bond motifs is 7. The molecular weight excluding hydrogens is 673 g/mol. The summed E-state index contributed by atoms with van der Waals surface area (Å²) in [5, 5.41) is 13.6. The Morgan fingerprint density at radius 3 is 1.51 bits per heavy atom. The number of hydrogen-bond donors (Lipinski definition) is 0. The van der Waals surface area contributed by atoms with Crippen LogP contribution in [-0.4, -0.2) is 19.3 Å². The summed E-state index contributed by atoms with van der Waals surface area (Å²) in [5.74, 6) is 1.88. The fraction of sp³-hybridized carbons (Fsp3) is 0.120. The van der Waals surface area contributed by atoms with E-state index in [2.05, 4.69) is 173 Å². The van der Waals surface area contributed by atoms with E-state index in [-0.39, 0.29) is 0 Å². The quantitative estimate of drug-likeness (QED) is 0.150. The first kappa shape index (κ1) is 32.9. The molecule has 3 aromatic heterocycles. The van der Waals surface area contributed by atoms with Gasteiger partial charge < -0.3 is 13.6 Å². The zero-order chi connectivity index (χ0) is 36.9. The maximum absolute atomic E-state index is 6.02. The van der Waals surface area contributed by atoms with Gasteiger partial charge in [-0.1, -0.05) is 123 Å². The van der Waals surface area contributed by atoms with Gasteiger partial charge in [-0.05, 0) is 96.5 Å². The molecule has 0 aliphatic heterocycles. The molecule has 0 saturated carbocycles. The van der Waals surface area contributed by atoms with E-state index in [4.69, 9.17) is 4.42 Å². The molecule has 3 heterocycles. The van der Waals surface area contributed by atoms with Crippen molar-refractivity contribution in [2.24, 2.45) is 0 Å². The summed E-state index contributed by atoms with van der Waals surface area (Å²) < 4.78 is 10.9. The van der Waals surface area contributed by atoms with Crippen LogP contribution in [0.1, 0.15) is 49.7 Å². The Bertz CT molecular complexity index is 2940. The summed E-state index contributed by atoms with van der Waals surface area (Å²) in [4.78, 5) is 0. The summed E-state index contributed by atoms with van der Waals surface area (Å²) in [7, 11) is 0. The third-order valence-corrected chi connectivity index (χ3v) is 11.4. The third-order valence-electron chi connectivity index (χ3n) is 11.4. The number of aromatic nitrogens is 4. The SMILES string of the molecule is CCC(CC(C)c1ccc(-c2nnc(-c3ccccc3)o2)cc1)c1ccc(-n2c3ccccc3c3ccc4c5ccccc5n(-c5ccccc5)c4c32)cc1. The van der Waals surface area contributed by atoms with Gasteiger partial charge in [0.15, 0.2) is 0 Å². The van der Waals surface area contributed by atoms with Gasteiger partial charge in [-0.2, -0.15) is 0 Å². The lowest BCUT2D eigenvalue weighted by molar-refractivity contribution is 0.544. The zero-order valence-corrected chi connectivity index (χ0v) is 30.9. The molecule has 55 heavy (non-hydrogen) atoms. The highest BCUT2D eigenvalue weighted by Crippen LogP contribution is 2.42. The number of hydrogen-bond acceptors (Lipinski definition) is 3. The van der Waals surface area contributed by atoms with Crippen LogP contribution in [0.25, 0.3) is 77.9 Å². The van der Waals surface area contributed by atoms with Crippen LogP contribution in [0.3, 0.4) is 0 Å². The second kappa shape index (κ2) is 13.6. The molecule has 10 rings (SSSR count). The van der Waals surface area contributed by atoms with Gasteiger partial charge in [-0.15, -0.1) is 10.2 Å². The molecule has 0 spiro atoms. The Labute approximate surface area is 320 Å². The molecule has 0 aliphatic carbocycles. The fourth-order valence-electron chi connectivity index (χ4n) is 8.60. The normalized spacial score (nSPS) is 12.9. The van der Waals surface area contributed by atoms with Crippen LogP contribution in [0.4, 0.5) is 0 Å². The number of nitrogens with zero attached hydrogens (tertiary/aromatic N) is 4. The van der Waals surface area contributed by atoms with Crippen molar-refractivity contribution < 1.29 is 4.42 Å². The summed E-state index contributed by atoms with van der Waals surface area (Å²) in [6.07, 6.45) is 2.13. The van der Waals surface area contributed by atoms with Gasteiger partial charge >= 0.3 is 0 Å². The lowest BCUT2D eigenvalue weighted by Gasteiger charge is -2.21. The molecule has 10 aromatic rings. The largest absolute Gasteiger partial charge is 0.416 e. The van der Waals surface area contributed by atoms with Gasteiger partial charge in [-0.25, -0.2) is 0 Å². The van der Waals surface area contributed by atoms with Crippen LogP contribution in [0.15, 0.2) is 174 Å². The average molecular weight is 713 g/mol. The standard InChI is InChI=1S/C50H40N4O/c1-3-34(32-33(2)35-22-24-38(25-23-35)50-52-51-49(55-50)37-14-6-4-7-15-37)36-26-28-40(29-27-36)54-46-21-13-11-19-42(46)44-31-30-43-41-18-10-12-20-45(41)53(47(43)48(44)54)39-16-8-5-9-17-39/h4-31,33-34H,3,32H2,1-2H3. The van der Waals surface area contributed by atoms with E-state index in [1.165, 1.54) is 60.4 Å². The minimum absolute atomic E-state index is 0.381. The van der Waals surface area contributed by atoms with Crippen LogP contribution in [0.5, 0.6) is 0 Å². The smallest absolute Gasteiger partial charge is 0.248 e. The predicted octanol–water partition coefficient (Wildman–Crippen LogP) is 13.3. The van der Waals surface area contributed by atoms with Crippen LogP contribution < -0.4 is 0 Å². The number of benzene rings is 7. The fourth-order valence-corrected chi connectivity index (χ4v) is 8.60. The monoisotopic (exact) mass is 712 g/mol. The van der Waals surface area contributed by atoms with Gasteiger partial charge in [0, 0.05) is 44.0 Å². The van der Waals surface area contributed by atoms with Gasteiger partial charge in [0.2, 0.25) is 11.8 Å². The van der Waals surface area contributed by atoms with E-state index in [1.807, 2.05) is 30.3 Å². The summed E-state index contributed by atoms with van der Waals surface area (Å²) >= 11 is 0. The molecule has 2 atom stereocenters. The molecule has 2 unspecified atom stereocenters. The van der Waals surface area contributed by atoms with E-state index >= 15 is 0 Å². The molecule has 266 valence electrons. The Morgan fingerprint density at radius 2 is 0.945 bits per heavy atom. The molecular formula is C50H40N4O. The van der Waals surface area contributed by atoms with Gasteiger partial charge in [0.05, 0.1) is 22.1 Å². The van der Waals surface area contributed by atoms with Crippen molar-refractivity contribution in [3.63, 3.8) is 0 Å². The topological polar surface area (TPSA) is 48.8 Å². The van der Waals surface area contributed by atoms with Crippen molar-refractivity contribution in [1.82, 2.24) is 19.3 Å². The number of rotatable bonds is 9. The highest BCUT2D eigenvalue weighted by Gasteiger charge is 2.22. The number of para-hydroxylation sites is 3. The second-order valence-electron chi connectivity index (χ2n) is 14.6. The second-order valence-corrected chi connectivity index (χ2v) is 14.6. The van der Waals surface area contributed by atoms with E-state index in [9.17, 15) is 0 Å². The first-order valence-corrected chi connectivity index (χ1v) is 19.3. The van der Waals surface area contributed by atoms with Crippen LogP contribution in [0, 0.1) is 0 Å². The molecule has 0 saturated heterocycles. The van der Waals surface area contributed by atoms with Crippen molar-refractivity contribution in [3.05, 3.63) is 181 Å². The van der Waals surface area contributed by atoms with Crippen molar-refractivity contribution in [2.45, 2.75) is 38.5 Å². The van der Waals surface area contributed by atoms with Crippen LogP contribution in [0.2, 0.25) is 0 Å². The van der Waals surface area contributed by atoms with Crippen molar-refractivity contribution in [1.29, 1.82) is 0 Å². The molecule has 0 aliphatic rings. The van der Waals surface area contributed by atoms with Gasteiger partial charge in [-0.3, -0.25) is 0 Å². The van der Waals surface area contributed by atoms with Crippen molar-refractivity contribution in [2.75, 3.05) is 0 Å². The molecule has 5 nitrogen and oxygen atoms in total. The molecule has 5 heteroatoms. The molecule has 0 bridgehead atoms. The highest BCUT2D eigenvalue weighted by atomic mass is 16.4. The van der Waals surface area contributed by atoms with Crippen LogP contribution >= 0.6 is 0 Å². The van der Waals surface area contributed by atoms with Gasteiger partial charge in [0.25, 0.3) is 0 Å². The first-order valence-electron chi connectivity index (χ1n) is 19.3. The van der Waals surface area contributed by atoms with E-state index in [0.29, 0.717) is 23.6 Å². The van der Waals surface area contributed by atoms with Crippen molar-refractivity contribution in [3.8, 4) is 34.3 Å². The average Bonchev–Trinajstić information content (AvgIpc) is 3.97. The van der Waals surface area contributed by atoms with E-state index in [0.717, 1.165) is 29.7 Å². The molecule has 0 radical (unpaired) electrons. The molecule has 7 aromatic carbocycles. The van der Waals surface area contributed by atoms with E-state index in [1.54, 1.807) is 0 Å². The minimum atomic E-state index is 0.381. The highest BCUT2D eigenvalue weighted by molar-refractivity contribution is 6.23. The molecule has 0 N–H and O–H groups in total. The lowest BCUT2D eigenvalue weighted by Crippen LogP contribution is -2.04. The summed E-state index contributed by atoms with van der Waals surface area (Å²) in [6, 6.07) is 60.9. The maximum atomic E-state index is 6.02. The Balaban J connectivity index is 0.990. The third kappa shape index (κ3) is 5.62. The lowest BCUT2D eigenvalue weighted by atomic mass is 9.84. The molecule has 0 amide bonds. The zero-order valence-electron chi connectivity index (χ0n) is 30.9. The van der Waals surface area contributed by atoms with Crippen LogP contribution in [-0.2, 0) is 0 Å². The van der Waals surface area contributed by atoms with Gasteiger partial charge in [0.1, 0.15) is 0 Å². The Kier molecular flexibility index (Phi) is 8.14.